The summed E-state index contributed by atoms with van der Waals surface area (Å²) in [4.78, 5) is 25.1. The molecule has 2 aromatic carbocycles. The average molecular weight is 554 g/mol. The van der Waals surface area contributed by atoms with Gasteiger partial charge in [-0.2, -0.15) is 20.1 Å². The van der Waals surface area contributed by atoms with Gasteiger partial charge in [0, 0.05) is 11.3 Å². The van der Waals surface area contributed by atoms with Crippen LogP contribution >= 0.6 is 0 Å². The molecule has 0 aliphatic carbocycles. The number of nitrogens with zero attached hydrogens (tertiary/aromatic N) is 5. The molecule has 3 aromatic heterocycles. The third kappa shape index (κ3) is 7.32. The summed E-state index contributed by atoms with van der Waals surface area (Å²) >= 11 is 0. The zero-order chi connectivity index (χ0) is 28.4. The summed E-state index contributed by atoms with van der Waals surface area (Å²) in [6.07, 6.45) is 1.60. The molecule has 41 heavy (non-hydrogen) atoms. The van der Waals surface area contributed by atoms with Crippen molar-refractivity contribution >= 4 is 29.5 Å². The molecule has 208 valence electrons. The quantitative estimate of drug-likeness (QED) is 0.129. The number of benzene rings is 2. The summed E-state index contributed by atoms with van der Waals surface area (Å²) in [6.45, 7) is 2.64. The van der Waals surface area contributed by atoms with Crippen molar-refractivity contribution in [1.29, 1.82) is 0 Å². The lowest BCUT2D eigenvalue weighted by atomic mass is 10.1. The van der Waals surface area contributed by atoms with E-state index in [1.165, 1.54) is 0 Å². The van der Waals surface area contributed by atoms with Crippen LogP contribution in [0.4, 0.5) is 23.5 Å². The fourth-order valence-corrected chi connectivity index (χ4v) is 3.70. The Morgan fingerprint density at radius 2 is 1.73 bits per heavy atom. The van der Waals surface area contributed by atoms with E-state index in [0.717, 1.165) is 22.8 Å². The molecule has 3 heterocycles. The van der Waals surface area contributed by atoms with Gasteiger partial charge in [0.1, 0.15) is 29.6 Å². The lowest BCUT2D eigenvalue weighted by Crippen LogP contribution is -2.06. The second-order valence-electron chi connectivity index (χ2n) is 8.53. The van der Waals surface area contributed by atoms with Gasteiger partial charge in [0.25, 0.3) is 5.95 Å². The summed E-state index contributed by atoms with van der Waals surface area (Å²) in [6, 6.07) is 21.6. The molecular formula is C29H27N7O5. The lowest BCUT2D eigenvalue weighted by molar-refractivity contribution is 0.0526. The SMILES string of the molecule is CCOC(=O)c1ccc(-c2ccc(CN=Nc3nc(NCc4ccco4)nc(Nc4ccc(OC)cc4)n3)o2)cc1. The van der Waals surface area contributed by atoms with E-state index in [-0.39, 0.29) is 24.4 Å². The summed E-state index contributed by atoms with van der Waals surface area (Å²) in [5.41, 5.74) is 2.06. The van der Waals surface area contributed by atoms with Crippen molar-refractivity contribution < 1.29 is 23.1 Å². The Bertz CT molecular complexity index is 1600. The van der Waals surface area contributed by atoms with Crippen molar-refractivity contribution in [1.82, 2.24) is 15.0 Å². The first-order valence-corrected chi connectivity index (χ1v) is 12.8. The van der Waals surface area contributed by atoms with Crippen LogP contribution < -0.4 is 15.4 Å². The van der Waals surface area contributed by atoms with E-state index in [9.17, 15) is 4.79 Å². The number of carbonyl (C=O) groups is 1. The molecule has 2 N–H and O–H groups in total. The molecule has 12 heteroatoms. The number of hydrogen-bond donors (Lipinski definition) is 2. The minimum Gasteiger partial charge on any atom is -0.497 e. The van der Waals surface area contributed by atoms with Crippen molar-refractivity contribution in [2.75, 3.05) is 24.4 Å². The van der Waals surface area contributed by atoms with E-state index in [1.807, 2.05) is 42.5 Å². The second-order valence-corrected chi connectivity index (χ2v) is 8.53. The molecule has 0 unspecified atom stereocenters. The largest absolute Gasteiger partial charge is 0.497 e. The van der Waals surface area contributed by atoms with Crippen LogP contribution in [0.5, 0.6) is 5.75 Å². The number of aromatic nitrogens is 3. The normalized spacial score (nSPS) is 11.0. The van der Waals surface area contributed by atoms with Crippen molar-refractivity contribution in [3.05, 3.63) is 96.1 Å². The Morgan fingerprint density at radius 1 is 0.927 bits per heavy atom. The summed E-state index contributed by atoms with van der Waals surface area (Å²) in [7, 11) is 1.61. The minimum atomic E-state index is -0.361. The van der Waals surface area contributed by atoms with Crippen LogP contribution in [0, 0.1) is 0 Å². The molecule has 0 fully saturated rings. The highest BCUT2D eigenvalue weighted by Crippen LogP contribution is 2.24. The maximum atomic E-state index is 11.9. The van der Waals surface area contributed by atoms with Gasteiger partial charge in [0.15, 0.2) is 0 Å². The molecule has 5 aromatic rings. The number of furan rings is 2. The van der Waals surface area contributed by atoms with Gasteiger partial charge in [0.2, 0.25) is 11.9 Å². The Morgan fingerprint density at radius 3 is 2.46 bits per heavy atom. The Labute approximate surface area is 235 Å². The third-order valence-corrected chi connectivity index (χ3v) is 5.70. The van der Waals surface area contributed by atoms with Crippen LogP contribution in [-0.2, 0) is 17.8 Å². The molecule has 0 radical (unpaired) electrons. The number of methoxy groups -OCH3 is 1. The Hall–Kier alpha value is -5.52. The van der Waals surface area contributed by atoms with Crippen molar-refractivity contribution in [2.45, 2.75) is 20.0 Å². The van der Waals surface area contributed by atoms with E-state index in [4.69, 9.17) is 18.3 Å². The highest BCUT2D eigenvalue weighted by molar-refractivity contribution is 5.89. The molecule has 12 nitrogen and oxygen atoms in total. The van der Waals surface area contributed by atoms with E-state index in [2.05, 4.69) is 35.8 Å². The van der Waals surface area contributed by atoms with Crippen molar-refractivity contribution in [3.8, 4) is 17.1 Å². The lowest BCUT2D eigenvalue weighted by Gasteiger charge is -2.08. The number of esters is 1. The maximum Gasteiger partial charge on any atom is 0.338 e. The number of ether oxygens (including phenoxy) is 2. The van der Waals surface area contributed by atoms with Crippen molar-refractivity contribution in [3.63, 3.8) is 0 Å². The number of carbonyl (C=O) groups excluding carboxylic acids is 1. The number of nitrogens with one attached hydrogen (secondary N) is 2. The van der Waals surface area contributed by atoms with Crippen LogP contribution in [0.2, 0.25) is 0 Å². The number of hydrogen-bond acceptors (Lipinski definition) is 12. The molecule has 0 aliphatic rings. The molecule has 0 aliphatic heterocycles. The van der Waals surface area contributed by atoms with E-state index < -0.39 is 0 Å². The van der Waals surface area contributed by atoms with E-state index in [1.54, 1.807) is 50.6 Å². The maximum absolute atomic E-state index is 11.9. The molecule has 5 rings (SSSR count). The van der Waals surface area contributed by atoms with Crippen LogP contribution in [-0.4, -0.2) is 34.6 Å². The van der Waals surface area contributed by atoms with Crippen LogP contribution in [0.25, 0.3) is 11.3 Å². The molecule has 0 spiro atoms. The topological polar surface area (TPSA) is 149 Å². The Kier molecular flexibility index (Phi) is 8.59. The number of rotatable bonds is 12. The van der Waals surface area contributed by atoms with Gasteiger partial charge in [-0.05, 0) is 67.6 Å². The van der Waals surface area contributed by atoms with Crippen LogP contribution in [0.15, 0.2) is 98.1 Å². The molecule has 0 bridgehead atoms. The number of anilines is 3. The van der Waals surface area contributed by atoms with Gasteiger partial charge in [-0.1, -0.05) is 12.1 Å². The summed E-state index contributed by atoms with van der Waals surface area (Å²) in [5.74, 6) is 3.03. The fourth-order valence-electron chi connectivity index (χ4n) is 3.70. The second kappa shape index (κ2) is 13.0. The van der Waals surface area contributed by atoms with E-state index >= 15 is 0 Å². The number of azo groups is 1. The molecule has 0 atom stereocenters. The minimum absolute atomic E-state index is 0.110. The molecular weight excluding hydrogens is 526 g/mol. The fraction of sp³-hybridized carbons (Fsp3) is 0.172. The molecule has 0 saturated carbocycles. The van der Waals surface area contributed by atoms with Gasteiger partial charge in [-0.25, -0.2) is 4.79 Å². The van der Waals surface area contributed by atoms with E-state index in [0.29, 0.717) is 36.2 Å². The van der Waals surface area contributed by atoms with Crippen molar-refractivity contribution in [2.24, 2.45) is 10.2 Å². The Balaban J connectivity index is 1.28. The first-order valence-electron chi connectivity index (χ1n) is 12.8. The first kappa shape index (κ1) is 27.1. The predicted molar refractivity (Wildman–Crippen MR) is 150 cm³/mol. The van der Waals surface area contributed by atoms with Crippen LogP contribution in [0.3, 0.4) is 0 Å². The van der Waals surface area contributed by atoms with Gasteiger partial charge in [-0.15, -0.1) is 5.11 Å². The smallest absolute Gasteiger partial charge is 0.338 e. The van der Waals surface area contributed by atoms with Gasteiger partial charge < -0.3 is 28.9 Å². The molecule has 0 amide bonds. The highest BCUT2D eigenvalue weighted by atomic mass is 16.5. The van der Waals surface area contributed by atoms with Gasteiger partial charge in [0.05, 0.1) is 32.1 Å². The third-order valence-electron chi connectivity index (χ3n) is 5.70. The zero-order valence-electron chi connectivity index (χ0n) is 22.4. The predicted octanol–water partition coefficient (Wildman–Crippen LogP) is 6.55. The zero-order valence-corrected chi connectivity index (χ0v) is 22.4. The van der Waals surface area contributed by atoms with Gasteiger partial charge >= 0.3 is 5.97 Å². The van der Waals surface area contributed by atoms with Gasteiger partial charge in [-0.3, -0.25) is 0 Å². The highest BCUT2D eigenvalue weighted by Gasteiger charge is 2.10. The average Bonchev–Trinajstić information content (AvgIpc) is 3.70. The monoisotopic (exact) mass is 553 g/mol. The molecule has 0 saturated heterocycles. The summed E-state index contributed by atoms with van der Waals surface area (Å²) in [5, 5.41) is 14.7. The standard InChI is InChI=1S/C29H27N7O5/c1-3-39-26(37)20-8-6-19(7-9-20)25-15-14-24(41-25)18-31-36-29-34-27(30-17-23-5-4-16-40-23)33-28(35-29)32-21-10-12-22(38-2)13-11-21/h4-16H,3,17-18H2,1-2H3,(H2,30,32,33,34,35). The summed E-state index contributed by atoms with van der Waals surface area (Å²) < 4.78 is 21.5. The first-order chi connectivity index (χ1) is 20.1. The van der Waals surface area contributed by atoms with Crippen LogP contribution in [0.1, 0.15) is 28.8 Å².